The highest BCUT2D eigenvalue weighted by Crippen LogP contribution is 2.26. The van der Waals surface area contributed by atoms with E-state index in [0.29, 0.717) is 5.13 Å². The number of nitrogens with zero attached hydrogens (tertiary/aromatic N) is 1. The van der Waals surface area contributed by atoms with Crippen molar-refractivity contribution in [2.75, 3.05) is 5.32 Å². The van der Waals surface area contributed by atoms with Gasteiger partial charge in [-0.3, -0.25) is 10.1 Å². The van der Waals surface area contributed by atoms with E-state index in [0.717, 1.165) is 15.8 Å². The number of anilines is 1. The van der Waals surface area contributed by atoms with Gasteiger partial charge in [0.05, 0.1) is 10.2 Å². The summed E-state index contributed by atoms with van der Waals surface area (Å²) in [6, 6.07) is 5.67. The minimum absolute atomic E-state index is 0.299. The van der Waals surface area contributed by atoms with Crippen molar-refractivity contribution in [3.63, 3.8) is 0 Å². The summed E-state index contributed by atoms with van der Waals surface area (Å²) in [5, 5.41) is 10.9. The second-order valence-corrected chi connectivity index (χ2v) is 4.28. The molecule has 0 saturated heterocycles. The molecular formula is C10H8N2O3S. The Labute approximate surface area is 94.7 Å². The van der Waals surface area contributed by atoms with Crippen LogP contribution in [0.1, 0.15) is 5.56 Å². The highest BCUT2D eigenvalue weighted by Gasteiger charge is 2.13. The van der Waals surface area contributed by atoms with Gasteiger partial charge in [-0.15, -0.1) is 0 Å². The van der Waals surface area contributed by atoms with Crippen LogP contribution in [0, 0.1) is 6.92 Å². The molecule has 2 aromatic rings. The number of aliphatic carboxylic acids is 1. The number of aryl methyl sites for hydroxylation is 1. The van der Waals surface area contributed by atoms with E-state index in [2.05, 4.69) is 10.3 Å². The second-order valence-electron chi connectivity index (χ2n) is 3.25. The number of fused-ring (bicyclic) bond motifs is 1. The summed E-state index contributed by atoms with van der Waals surface area (Å²) in [5.74, 6) is -2.59. The first kappa shape index (κ1) is 10.6. The van der Waals surface area contributed by atoms with Crippen molar-refractivity contribution in [1.29, 1.82) is 0 Å². The zero-order chi connectivity index (χ0) is 11.7. The van der Waals surface area contributed by atoms with Crippen LogP contribution in [0.3, 0.4) is 0 Å². The fourth-order valence-corrected chi connectivity index (χ4v) is 2.19. The molecule has 2 rings (SSSR count). The van der Waals surface area contributed by atoms with E-state index in [-0.39, 0.29) is 0 Å². The molecule has 2 N–H and O–H groups in total. The summed E-state index contributed by atoms with van der Waals surface area (Å²) in [6.45, 7) is 1.95. The van der Waals surface area contributed by atoms with Crippen LogP contribution >= 0.6 is 11.3 Å². The number of amides is 1. The fourth-order valence-electron chi connectivity index (χ4n) is 1.24. The van der Waals surface area contributed by atoms with Crippen LogP contribution in [0.15, 0.2) is 18.2 Å². The summed E-state index contributed by atoms with van der Waals surface area (Å²) in [5.41, 5.74) is 1.84. The van der Waals surface area contributed by atoms with E-state index in [1.54, 1.807) is 0 Å². The Hall–Kier alpha value is -1.95. The molecule has 0 bridgehead atoms. The van der Waals surface area contributed by atoms with Crippen LogP contribution in [-0.2, 0) is 9.59 Å². The van der Waals surface area contributed by atoms with Crippen molar-refractivity contribution >= 4 is 38.6 Å². The van der Waals surface area contributed by atoms with Crippen LogP contribution in [0.2, 0.25) is 0 Å². The smallest absolute Gasteiger partial charge is 0.394 e. The lowest BCUT2D eigenvalue weighted by Gasteiger charge is -1.93. The maximum atomic E-state index is 10.9. The number of rotatable bonds is 1. The standard InChI is InChI=1S/C10H8N2O3S/c1-5-2-3-6-7(4-5)16-10(11-6)12-8(13)9(14)15/h2-4H,1H3,(H,14,15)(H,11,12,13). The molecule has 16 heavy (non-hydrogen) atoms. The molecule has 82 valence electrons. The topological polar surface area (TPSA) is 79.3 Å². The molecule has 0 aliphatic carbocycles. The fraction of sp³-hybridized carbons (Fsp3) is 0.100. The Balaban J connectivity index is 2.33. The first-order valence-electron chi connectivity index (χ1n) is 4.48. The van der Waals surface area contributed by atoms with Crippen molar-refractivity contribution in [2.45, 2.75) is 6.92 Å². The number of hydrogen-bond acceptors (Lipinski definition) is 4. The number of carboxylic acid groups (broad SMARTS) is 1. The number of hydrogen-bond donors (Lipinski definition) is 2. The van der Waals surface area contributed by atoms with E-state index in [1.165, 1.54) is 11.3 Å². The van der Waals surface area contributed by atoms with Crippen LogP contribution in [-0.4, -0.2) is 22.0 Å². The molecule has 1 heterocycles. The SMILES string of the molecule is Cc1ccc2nc(NC(=O)C(=O)O)sc2c1. The van der Waals surface area contributed by atoms with Crippen molar-refractivity contribution < 1.29 is 14.7 Å². The van der Waals surface area contributed by atoms with Gasteiger partial charge in [0, 0.05) is 0 Å². The molecule has 0 saturated carbocycles. The quantitative estimate of drug-likeness (QED) is 0.737. The van der Waals surface area contributed by atoms with E-state index in [1.807, 2.05) is 25.1 Å². The van der Waals surface area contributed by atoms with Gasteiger partial charge in [0.15, 0.2) is 5.13 Å². The summed E-state index contributed by atoms with van der Waals surface area (Å²) in [7, 11) is 0. The lowest BCUT2D eigenvalue weighted by atomic mass is 10.2. The third kappa shape index (κ3) is 2.01. The van der Waals surface area contributed by atoms with Gasteiger partial charge in [-0.05, 0) is 24.6 Å². The molecular weight excluding hydrogens is 228 g/mol. The monoisotopic (exact) mass is 236 g/mol. The number of carbonyl (C=O) groups is 2. The summed E-state index contributed by atoms with van der Waals surface area (Å²) in [6.07, 6.45) is 0. The lowest BCUT2D eigenvalue weighted by molar-refractivity contribution is -0.147. The Morgan fingerprint density at radius 1 is 1.44 bits per heavy atom. The number of thiazole rings is 1. The molecule has 1 aromatic heterocycles. The van der Waals surface area contributed by atoms with Gasteiger partial charge in [-0.2, -0.15) is 0 Å². The van der Waals surface area contributed by atoms with Crippen molar-refractivity contribution in [3.8, 4) is 0 Å². The number of carbonyl (C=O) groups excluding carboxylic acids is 1. The Kier molecular flexibility index (Phi) is 2.57. The minimum atomic E-state index is -1.52. The molecule has 0 aliphatic rings. The number of carboxylic acids is 1. The molecule has 5 nitrogen and oxygen atoms in total. The Bertz CT molecular complexity index is 576. The zero-order valence-electron chi connectivity index (χ0n) is 8.35. The maximum absolute atomic E-state index is 10.9. The highest BCUT2D eigenvalue weighted by atomic mass is 32.1. The third-order valence-corrected chi connectivity index (χ3v) is 2.89. The zero-order valence-corrected chi connectivity index (χ0v) is 9.17. The van der Waals surface area contributed by atoms with E-state index >= 15 is 0 Å². The molecule has 0 atom stereocenters. The van der Waals surface area contributed by atoms with E-state index in [4.69, 9.17) is 5.11 Å². The van der Waals surface area contributed by atoms with Crippen LogP contribution in [0.25, 0.3) is 10.2 Å². The number of aromatic nitrogens is 1. The molecule has 0 aliphatic heterocycles. The second kappa shape index (κ2) is 3.90. The Morgan fingerprint density at radius 2 is 2.19 bits per heavy atom. The van der Waals surface area contributed by atoms with E-state index in [9.17, 15) is 9.59 Å². The van der Waals surface area contributed by atoms with Crippen molar-refractivity contribution in [3.05, 3.63) is 23.8 Å². The van der Waals surface area contributed by atoms with Gasteiger partial charge in [-0.1, -0.05) is 17.4 Å². The molecule has 0 unspecified atom stereocenters. The van der Waals surface area contributed by atoms with E-state index < -0.39 is 11.9 Å². The first-order valence-corrected chi connectivity index (χ1v) is 5.29. The van der Waals surface area contributed by atoms with Gasteiger partial charge in [0.2, 0.25) is 0 Å². The van der Waals surface area contributed by atoms with Crippen LogP contribution < -0.4 is 5.32 Å². The molecule has 6 heteroatoms. The molecule has 1 aromatic carbocycles. The van der Waals surface area contributed by atoms with Gasteiger partial charge in [0.1, 0.15) is 0 Å². The predicted molar refractivity (Wildman–Crippen MR) is 60.6 cm³/mol. The lowest BCUT2D eigenvalue weighted by Crippen LogP contribution is -2.21. The van der Waals surface area contributed by atoms with Gasteiger partial charge in [-0.25, -0.2) is 9.78 Å². The van der Waals surface area contributed by atoms with Crippen LogP contribution in [0.4, 0.5) is 5.13 Å². The normalized spacial score (nSPS) is 10.3. The third-order valence-electron chi connectivity index (χ3n) is 1.96. The summed E-state index contributed by atoms with van der Waals surface area (Å²) >= 11 is 1.25. The predicted octanol–water partition coefficient (Wildman–Crippen LogP) is 1.63. The first-order chi connectivity index (χ1) is 7.56. The molecule has 0 fully saturated rings. The van der Waals surface area contributed by atoms with Gasteiger partial charge in [0.25, 0.3) is 0 Å². The van der Waals surface area contributed by atoms with Crippen molar-refractivity contribution in [2.24, 2.45) is 0 Å². The summed E-state index contributed by atoms with van der Waals surface area (Å²) < 4.78 is 0.917. The van der Waals surface area contributed by atoms with Gasteiger partial charge < -0.3 is 5.11 Å². The Morgan fingerprint density at radius 3 is 2.88 bits per heavy atom. The molecule has 0 radical (unpaired) electrons. The molecule has 1 amide bonds. The average molecular weight is 236 g/mol. The van der Waals surface area contributed by atoms with Crippen molar-refractivity contribution in [1.82, 2.24) is 4.98 Å². The number of nitrogens with one attached hydrogen (secondary N) is 1. The maximum Gasteiger partial charge on any atom is 0.394 e. The number of benzene rings is 1. The summed E-state index contributed by atoms with van der Waals surface area (Å²) in [4.78, 5) is 25.3. The molecule has 0 spiro atoms. The average Bonchev–Trinajstić information content (AvgIpc) is 2.58. The minimum Gasteiger partial charge on any atom is -0.474 e. The highest BCUT2D eigenvalue weighted by molar-refractivity contribution is 7.22. The van der Waals surface area contributed by atoms with Crippen LogP contribution in [0.5, 0.6) is 0 Å². The van der Waals surface area contributed by atoms with Gasteiger partial charge >= 0.3 is 11.9 Å². The largest absolute Gasteiger partial charge is 0.474 e.